The van der Waals surface area contributed by atoms with Gasteiger partial charge in [0.1, 0.15) is 5.82 Å². The Morgan fingerprint density at radius 2 is 2.00 bits per heavy atom. The summed E-state index contributed by atoms with van der Waals surface area (Å²) in [6, 6.07) is 2.21. The lowest BCUT2D eigenvalue weighted by molar-refractivity contribution is -0.118. The van der Waals surface area contributed by atoms with Crippen LogP contribution in [0.1, 0.15) is 50.2 Å². The molecular formula is C22H32N4O3. The van der Waals surface area contributed by atoms with Gasteiger partial charge in [-0.2, -0.15) is 0 Å². The number of rotatable bonds is 3. The number of fused-ring (bicyclic) bond motifs is 2. The Bertz CT molecular complexity index is 765. The number of nitrogens with one attached hydrogen (secondary N) is 1. The van der Waals surface area contributed by atoms with Crippen molar-refractivity contribution in [1.82, 2.24) is 14.8 Å². The molecule has 1 aromatic heterocycles. The molecule has 4 rings (SSSR count). The second kappa shape index (κ2) is 8.30. The Labute approximate surface area is 172 Å². The van der Waals surface area contributed by atoms with Crippen LogP contribution in [0.3, 0.4) is 0 Å². The van der Waals surface area contributed by atoms with Crippen LogP contribution < -0.4 is 5.32 Å². The van der Waals surface area contributed by atoms with Gasteiger partial charge in [-0.15, -0.1) is 0 Å². The van der Waals surface area contributed by atoms with Crippen LogP contribution in [0.15, 0.2) is 12.3 Å². The zero-order valence-electron chi connectivity index (χ0n) is 17.6. The Hall–Kier alpha value is -2.15. The van der Waals surface area contributed by atoms with E-state index in [0.29, 0.717) is 18.9 Å². The van der Waals surface area contributed by atoms with E-state index < -0.39 is 0 Å². The molecule has 0 atom stereocenters. The van der Waals surface area contributed by atoms with E-state index in [2.05, 4.69) is 28.2 Å². The fourth-order valence-corrected chi connectivity index (χ4v) is 5.14. The summed E-state index contributed by atoms with van der Waals surface area (Å²) in [5.74, 6) is 1.47. The van der Waals surface area contributed by atoms with Crippen molar-refractivity contribution in [2.45, 2.75) is 51.4 Å². The Morgan fingerprint density at radius 3 is 2.69 bits per heavy atom. The van der Waals surface area contributed by atoms with E-state index in [0.717, 1.165) is 69.8 Å². The van der Waals surface area contributed by atoms with Crippen molar-refractivity contribution in [3.05, 3.63) is 23.4 Å². The van der Waals surface area contributed by atoms with E-state index in [-0.39, 0.29) is 17.4 Å². The van der Waals surface area contributed by atoms with Gasteiger partial charge in [0, 0.05) is 43.2 Å². The summed E-state index contributed by atoms with van der Waals surface area (Å²) in [7, 11) is 0. The van der Waals surface area contributed by atoms with Crippen molar-refractivity contribution in [1.29, 1.82) is 0 Å². The third-order valence-electron chi connectivity index (χ3n) is 6.82. The van der Waals surface area contributed by atoms with E-state index in [1.165, 1.54) is 5.56 Å². The molecule has 0 radical (unpaired) electrons. The molecular weight excluding hydrogens is 368 g/mol. The highest BCUT2D eigenvalue weighted by molar-refractivity contribution is 5.94. The quantitative estimate of drug-likeness (QED) is 0.844. The molecule has 158 valence electrons. The molecule has 29 heavy (non-hydrogen) atoms. The van der Waals surface area contributed by atoms with Crippen molar-refractivity contribution in [2.75, 3.05) is 44.6 Å². The van der Waals surface area contributed by atoms with Crippen LogP contribution in [0.2, 0.25) is 0 Å². The van der Waals surface area contributed by atoms with Crippen LogP contribution in [-0.4, -0.2) is 66.1 Å². The number of ether oxygens (including phenoxy) is 1. The second-order valence-electron chi connectivity index (χ2n) is 8.84. The van der Waals surface area contributed by atoms with Gasteiger partial charge in [-0.05, 0) is 64.1 Å². The van der Waals surface area contributed by atoms with Crippen molar-refractivity contribution in [3.63, 3.8) is 0 Å². The third kappa shape index (κ3) is 4.25. The molecule has 2 saturated heterocycles. The van der Waals surface area contributed by atoms with Crippen molar-refractivity contribution in [2.24, 2.45) is 5.92 Å². The number of carbonyl (C=O) groups excluding carboxylic acids is 2. The predicted octanol–water partition coefficient (Wildman–Crippen LogP) is 2.93. The minimum Gasteiger partial charge on any atom is -0.450 e. The van der Waals surface area contributed by atoms with Crippen molar-refractivity contribution >= 4 is 17.8 Å². The number of aromatic nitrogens is 1. The standard InChI is InChI=1S/C22H32N4O3/c1-3-29-21(28)26-8-4-17(5-9-26)15-25-10-6-22(7-11-25)13-19(27)24-20-18(22)12-16(2)14-23-20/h12,14,17H,3-11,13,15H2,1-2H3,(H,23,24,27). The minimum atomic E-state index is -0.177. The maximum atomic E-state index is 12.3. The lowest BCUT2D eigenvalue weighted by atomic mass is 9.68. The number of likely N-dealkylation sites (tertiary alicyclic amines) is 2. The van der Waals surface area contributed by atoms with Gasteiger partial charge in [0.05, 0.1) is 6.61 Å². The van der Waals surface area contributed by atoms with Crippen LogP contribution in [0, 0.1) is 12.8 Å². The third-order valence-corrected chi connectivity index (χ3v) is 6.82. The van der Waals surface area contributed by atoms with E-state index >= 15 is 0 Å². The van der Waals surface area contributed by atoms with E-state index in [4.69, 9.17) is 4.74 Å². The van der Waals surface area contributed by atoms with Crippen molar-refractivity contribution in [3.8, 4) is 0 Å². The van der Waals surface area contributed by atoms with Crippen LogP contribution in [0.5, 0.6) is 0 Å². The molecule has 4 heterocycles. The average Bonchev–Trinajstić information content (AvgIpc) is 2.71. The highest BCUT2D eigenvalue weighted by atomic mass is 16.6. The largest absolute Gasteiger partial charge is 0.450 e. The number of piperidine rings is 2. The number of anilines is 1. The summed E-state index contributed by atoms with van der Waals surface area (Å²) < 4.78 is 5.11. The first-order valence-corrected chi connectivity index (χ1v) is 10.9. The molecule has 7 heteroatoms. The molecule has 0 unspecified atom stereocenters. The summed E-state index contributed by atoms with van der Waals surface area (Å²) in [6.45, 7) is 9.04. The van der Waals surface area contributed by atoms with Gasteiger partial charge in [0.2, 0.25) is 5.91 Å². The fraction of sp³-hybridized carbons (Fsp3) is 0.682. The number of carbonyl (C=O) groups is 2. The molecule has 3 aliphatic rings. The van der Waals surface area contributed by atoms with E-state index in [1.54, 1.807) is 0 Å². The van der Waals surface area contributed by atoms with Gasteiger partial charge in [0.15, 0.2) is 0 Å². The molecule has 0 aliphatic carbocycles. The van der Waals surface area contributed by atoms with Crippen LogP contribution in [-0.2, 0) is 14.9 Å². The average molecular weight is 401 g/mol. The molecule has 3 aliphatic heterocycles. The number of nitrogens with zero attached hydrogens (tertiary/aromatic N) is 3. The highest BCUT2D eigenvalue weighted by Gasteiger charge is 2.43. The molecule has 2 amide bonds. The smallest absolute Gasteiger partial charge is 0.409 e. The first-order valence-electron chi connectivity index (χ1n) is 10.9. The Balaban J connectivity index is 1.33. The number of hydrogen-bond acceptors (Lipinski definition) is 5. The van der Waals surface area contributed by atoms with Gasteiger partial charge in [0.25, 0.3) is 0 Å². The van der Waals surface area contributed by atoms with Crippen LogP contribution in [0.25, 0.3) is 0 Å². The number of aryl methyl sites for hydroxylation is 1. The topological polar surface area (TPSA) is 74.8 Å². The summed E-state index contributed by atoms with van der Waals surface area (Å²) in [4.78, 5) is 33.0. The second-order valence-corrected chi connectivity index (χ2v) is 8.84. The molecule has 7 nitrogen and oxygen atoms in total. The van der Waals surface area contributed by atoms with Gasteiger partial charge >= 0.3 is 6.09 Å². The lowest BCUT2D eigenvalue weighted by Gasteiger charge is -2.45. The molecule has 0 bridgehead atoms. The van der Waals surface area contributed by atoms with Crippen LogP contribution in [0.4, 0.5) is 10.6 Å². The Morgan fingerprint density at radius 1 is 1.28 bits per heavy atom. The summed E-state index contributed by atoms with van der Waals surface area (Å²) in [5, 5.41) is 2.95. The fourth-order valence-electron chi connectivity index (χ4n) is 5.14. The monoisotopic (exact) mass is 400 g/mol. The van der Waals surface area contributed by atoms with E-state index in [1.807, 2.05) is 18.0 Å². The number of amides is 2. The summed E-state index contributed by atoms with van der Waals surface area (Å²) >= 11 is 0. The van der Waals surface area contributed by atoms with E-state index in [9.17, 15) is 9.59 Å². The normalized spacial score (nSPS) is 22.3. The molecule has 1 aromatic rings. The zero-order chi connectivity index (χ0) is 20.4. The van der Waals surface area contributed by atoms with Crippen molar-refractivity contribution < 1.29 is 14.3 Å². The number of hydrogen-bond donors (Lipinski definition) is 1. The molecule has 0 saturated carbocycles. The summed E-state index contributed by atoms with van der Waals surface area (Å²) in [6.07, 6.45) is 6.29. The molecule has 2 fully saturated rings. The van der Waals surface area contributed by atoms with Crippen LogP contribution >= 0.6 is 0 Å². The molecule has 1 spiro atoms. The minimum absolute atomic E-state index is 0.0690. The SMILES string of the molecule is CCOC(=O)N1CCC(CN2CCC3(CC2)CC(=O)Nc2ncc(C)cc23)CC1. The van der Waals surface area contributed by atoms with Gasteiger partial charge in [-0.3, -0.25) is 4.79 Å². The van der Waals surface area contributed by atoms with Gasteiger partial charge in [-0.1, -0.05) is 6.07 Å². The first-order chi connectivity index (χ1) is 14.0. The molecule has 0 aromatic carbocycles. The predicted molar refractivity (Wildman–Crippen MR) is 111 cm³/mol. The maximum Gasteiger partial charge on any atom is 0.409 e. The highest BCUT2D eigenvalue weighted by Crippen LogP contribution is 2.44. The molecule has 1 N–H and O–H groups in total. The van der Waals surface area contributed by atoms with Gasteiger partial charge < -0.3 is 19.9 Å². The Kier molecular flexibility index (Phi) is 5.76. The summed E-state index contributed by atoms with van der Waals surface area (Å²) in [5.41, 5.74) is 2.30. The maximum absolute atomic E-state index is 12.3. The first kappa shape index (κ1) is 20.1. The van der Waals surface area contributed by atoms with Gasteiger partial charge in [-0.25, -0.2) is 9.78 Å². The lowest BCUT2D eigenvalue weighted by Crippen LogP contribution is -2.49. The zero-order valence-corrected chi connectivity index (χ0v) is 17.6. The number of pyridine rings is 1.